The Morgan fingerprint density at radius 1 is 1.25 bits per heavy atom. The van der Waals surface area contributed by atoms with Gasteiger partial charge in [-0.05, 0) is 46.2 Å². The monoisotopic (exact) mass is 387 g/mol. The average Bonchev–Trinajstić information content (AvgIpc) is 2.92. The number of rotatable bonds is 3. The van der Waals surface area contributed by atoms with Gasteiger partial charge in [-0.15, -0.1) is 0 Å². The molecule has 28 heavy (non-hydrogen) atoms. The molecule has 4 amide bonds. The lowest BCUT2D eigenvalue weighted by atomic mass is 10.0. The van der Waals surface area contributed by atoms with E-state index >= 15 is 0 Å². The van der Waals surface area contributed by atoms with Crippen molar-refractivity contribution in [3.8, 4) is 0 Å². The molecule has 2 aliphatic heterocycles. The minimum Gasteiger partial charge on any atom is -0.444 e. The molecule has 0 radical (unpaired) electrons. The van der Waals surface area contributed by atoms with E-state index in [2.05, 4.69) is 5.32 Å². The number of ether oxygens (including phenoxy) is 1. The van der Waals surface area contributed by atoms with E-state index in [-0.39, 0.29) is 37.2 Å². The zero-order valence-corrected chi connectivity index (χ0v) is 16.6. The number of carbonyl (C=O) groups is 4. The smallest absolute Gasteiger partial charge is 0.412 e. The minimum atomic E-state index is -0.674. The average molecular weight is 387 g/mol. The van der Waals surface area contributed by atoms with Crippen molar-refractivity contribution in [3.05, 3.63) is 29.3 Å². The van der Waals surface area contributed by atoms with E-state index in [1.807, 2.05) is 0 Å². The third-order valence-corrected chi connectivity index (χ3v) is 4.81. The first kappa shape index (κ1) is 19.9. The lowest BCUT2D eigenvalue weighted by molar-refractivity contribution is -0.151. The molecule has 3 rings (SSSR count). The molecule has 1 aromatic rings. The molecule has 0 aliphatic carbocycles. The Bertz CT molecular complexity index is 843. The van der Waals surface area contributed by atoms with Crippen molar-refractivity contribution < 1.29 is 23.9 Å². The summed E-state index contributed by atoms with van der Waals surface area (Å²) in [6.45, 7) is 7.52. The summed E-state index contributed by atoms with van der Waals surface area (Å²) >= 11 is 0. The molecule has 1 atom stereocenters. The van der Waals surface area contributed by atoms with E-state index in [1.54, 1.807) is 45.9 Å². The summed E-state index contributed by atoms with van der Waals surface area (Å²) in [5.74, 6) is -0.826. The molecule has 0 saturated carbocycles. The number of benzene rings is 1. The molecule has 1 fully saturated rings. The molecule has 8 nitrogen and oxygen atoms in total. The molecule has 0 bridgehead atoms. The second-order valence-corrected chi connectivity index (χ2v) is 7.92. The number of nitrogens with one attached hydrogen (secondary N) is 1. The van der Waals surface area contributed by atoms with Gasteiger partial charge >= 0.3 is 6.09 Å². The second kappa shape index (κ2) is 7.26. The summed E-state index contributed by atoms with van der Waals surface area (Å²) in [6.07, 6.45) is -0.0703. The van der Waals surface area contributed by atoms with Gasteiger partial charge in [-0.1, -0.05) is 6.07 Å². The molecule has 8 heteroatoms. The van der Waals surface area contributed by atoms with Crippen molar-refractivity contribution in [2.24, 2.45) is 0 Å². The maximum absolute atomic E-state index is 12.9. The van der Waals surface area contributed by atoms with Gasteiger partial charge in [-0.3, -0.25) is 24.6 Å². The van der Waals surface area contributed by atoms with E-state index < -0.39 is 17.7 Å². The van der Waals surface area contributed by atoms with Crippen LogP contribution in [-0.4, -0.2) is 51.8 Å². The van der Waals surface area contributed by atoms with Gasteiger partial charge in [0, 0.05) is 36.3 Å². The van der Waals surface area contributed by atoms with Crippen LogP contribution in [0.3, 0.4) is 0 Å². The SMILES string of the molecule is CCN1C(=O)CCC(N2Cc3c(NC(=O)OC(C)(C)C)cccc3C2=O)C1=O. The first-order chi connectivity index (χ1) is 13.1. The van der Waals surface area contributed by atoms with E-state index in [1.165, 1.54) is 9.80 Å². The van der Waals surface area contributed by atoms with Gasteiger partial charge in [0.1, 0.15) is 11.6 Å². The lowest BCUT2D eigenvalue weighted by Crippen LogP contribution is -2.54. The second-order valence-electron chi connectivity index (χ2n) is 7.92. The number of anilines is 1. The van der Waals surface area contributed by atoms with Gasteiger partial charge in [0.15, 0.2) is 0 Å². The molecule has 0 spiro atoms. The Hall–Kier alpha value is -2.90. The van der Waals surface area contributed by atoms with Crippen molar-refractivity contribution in [3.63, 3.8) is 0 Å². The Morgan fingerprint density at radius 2 is 1.96 bits per heavy atom. The molecular formula is C20H25N3O5. The highest BCUT2D eigenvalue weighted by Gasteiger charge is 2.42. The summed E-state index contributed by atoms with van der Waals surface area (Å²) in [5.41, 5.74) is 0.927. The summed E-state index contributed by atoms with van der Waals surface area (Å²) in [4.78, 5) is 52.3. The molecule has 1 unspecified atom stereocenters. The fraction of sp³-hybridized carbons (Fsp3) is 0.500. The highest BCUT2D eigenvalue weighted by atomic mass is 16.6. The van der Waals surface area contributed by atoms with Crippen molar-refractivity contribution in [2.45, 2.75) is 58.7 Å². The predicted molar refractivity (Wildman–Crippen MR) is 102 cm³/mol. The molecule has 1 aromatic carbocycles. The zero-order valence-electron chi connectivity index (χ0n) is 16.6. The molecule has 0 aromatic heterocycles. The van der Waals surface area contributed by atoms with Crippen LogP contribution in [0, 0.1) is 0 Å². The first-order valence-corrected chi connectivity index (χ1v) is 9.39. The number of amides is 4. The molecule has 1 N–H and O–H groups in total. The summed E-state index contributed by atoms with van der Waals surface area (Å²) in [7, 11) is 0. The van der Waals surface area contributed by atoms with Gasteiger partial charge in [0.25, 0.3) is 11.8 Å². The van der Waals surface area contributed by atoms with E-state index in [9.17, 15) is 19.2 Å². The van der Waals surface area contributed by atoms with Crippen molar-refractivity contribution in [1.82, 2.24) is 9.80 Å². The maximum Gasteiger partial charge on any atom is 0.412 e. The number of hydrogen-bond acceptors (Lipinski definition) is 5. The van der Waals surface area contributed by atoms with Gasteiger partial charge in [0.05, 0.1) is 0 Å². The highest BCUT2D eigenvalue weighted by Crippen LogP contribution is 2.33. The van der Waals surface area contributed by atoms with E-state index in [4.69, 9.17) is 4.74 Å². The van der Waals surface area contributed by atoms with Crippen LogP contribution in [-0.2, 0) is 20.9 Å². The Balaban J connectivity index is 1.82. The fourth-order valence-corrected chi connectivity index (χ4v) is 3.58. The minimum absolute atomic E-state index is 0.197. The van der Waals surface area contributed by atoms with Gasteiger partial charge in [0.2, 0.25) is 5.91 Å². The molecule has 2 heterocycles. The Labute approximate surface area is 163 Å². The third-order valence-electron chi connectivity index (χ3n) is 4.81. The fourth-order valence-electron chi connectivity index (χ4n) is 3.58. The summed E-state index contributed by atoms with van der Waals surface area (Å²) in [6, 6.07) is 4.38. The van der Waals surface area contributed by atoms with Gasteiger partial charge in [-0.2, -0.15) is 0 Å². The standard InChI is InChI=1S/C20H25N3O5/c1-5-22-16(24)10-9-15(18(22)26)23-11-13-12(17(23)25)7-6-8-14(13)21-19(27)28-20(2,3)4/h6-8,15H,5,9-11H2,1-4H3,(H,21,27). The number of imide groups is 1. The van der Waals surface area contributed by atoms with Crippen LogP contribution < -0.4 is 5.32 Å². The quantitative estimate of drug-likeness (QED) is 0.804. The number of likely N-dealkylation sites (N-methyl/N-ethyl adjacent to an activating group) is 1. The number of hydrogen-bond donors (Lipinski definition) is 1. The highest BCUT2D eigenvalue weighted by molar-refractivity contribution is 6.06. The molecule has 150 valence electrons. The predicted octanol–water partition coefficient (Wildman–Crippen LogP) is 2.53. The Kier molecular flexibility index (Phi) is 5.14. The normalized spacial score (nSPS) is 19.7. The van der Waals surface area contributed by atoms with Crippen LogP contribution in [0.15, 0.2) is 18.2 Å². The van der Waals surface area contributed by atoms with Crippen LogP contribution >= 0.6 is 0 Å². The van der Waals surface area contributed by atoms with Crippen LogP contribution in [0.5, 0.6) is 0 Å². The number of fused-ring (bicyclic) bond motifs is 1. The molecule has 2 aliphatic rings. The largest absolute Gasteiger partial charge is 0.444 e. The van der Waals surface area contributed by atoms with Crippen LogP contribution in [0.25, 0.3) is 0 Å². The van der Waals surface area contributed by atoms with Crippen molar-refractivity contribution in [2.75, 3.05) is 11.9 Å². The van der Waals surface area contributed by atoms with Crippen molar-refractivity contribution in [1.29, 1.82) is 0 Å². The topological polar surface area (TPSA) is 96.0 Å². The number of nitrogens with zero attached hydrogens (tertiary/aromatic N) is 2. The van der Waals surface area contributed by atoms with E-state index in [0.29, 0.717) is 23.2 Å². The number of carbonyl (C=O) groups excluding carboxylic acids is 4. The Morgan fingerprint density at radius 3 is 2.61 bits per heavy atom. The summed E-state index contributed by atoms with van der Waals surface area (Å²) < 4.78 is 5.28. The molecule has 1 saturated heterocycles. The zero-order chi connectivity index (χ0) is 20.6. The number of piperidine rings is 1. The first-order valence-electron chi connectivity index (χ1n) is 9.39. The van der Waals surface area contributed by atoms with Gasteiger partial charge < -0.3 is 9.64 Å². The van der Waals surface area contributed by atoms with Gasteiger partial charge in [-0.25, -0.2) is 4.79 Å². The lowest BCUT2D eigenvalue weighted by Gasteiger charge is -2.34. The molecular weight excluding hydrogens is 362 g/mol. The van der Waals surface area contributed by atoms with Crippen LogP contribution in [0.2, 0.25) is 0 Å². The van der Waals surface area contributed by atoms with Crippen LogP contribution in [0.1, 0.15) is 56.5 Å². The summed E-state index contributed by atoms with van der Waals surface area (Å²) in [5, 5.41) is 2.69. The third kappa shape index (κ3) is 3.72. The van der Waals surface area contributed by atoms with Crippen LogP contribution in [0.4, 0.5) is 10.5 Å². The van der Waals surface area contributed by atoms with Crippen molar-refractivity contribution >= 4 is 29.5 Å². The van der Waals surface area contributed by atoms with E-state index in [0.717, 1.165) is 0 Å². The maximum atomic E-state index is 12.9. The number of likely N-dealkylation sites (tertiary alicyclic amines) is 1.